The SMILES string of the molecule is CCCCN1CCN(/C=N/c2c(C(=O)OCC)c(SC)nn2-c2ccccc2)/C1=N/[N+](=O)[O-]. The number of nitro groups is 1. The molecule has 1 aliphatic rings. The Balaban J connectivity index is 2.04. The second-order valence-corrected chi connectivity index (χ2v) is 7.89. The normalized spacial score (nSPS) is 15.1. The topological polar surface area (TPSA) is 118 Å². The second-order valence-electron chi connectivity index (χ2n) is 7.09. The lowest BCUT2D eigenvalue weighted by Gasteiger charge is -2.17. The number of hydrogen-bond acceptors (Lipinski definition) is 7. The largest absolute Gasteiger partial charge is 0.462 e. The fourth-order valence-electron chi connectivity index (χ4n) is 3.38. The third-order valence-electron chi connectivity index (χ3n) is 4.93. The van der Waals surface area contributed by atoms with Gasteiger partial charge in [-0.25, -0.2) is 24.6 Å². The van der Waals surface area contributed by atoms with Crippen molar-refractivity contribution in [1.82, 2.24) is 19.6 Å². The summed E-state index contributed by atoms with van der Waals surface area (Å²) in [7, 11) is 0. The van der Waals surface area contributed by atoms with Crippen LogP contribution in [0.2, 0.25) is 0 Å². The van der Waals surface area contributed by atoms with Gasteiger partial charge in [-0.3, -0.25) is 4.90 Å². The number of hydrogen-bond donors (Lipinski definition) is 0. The number of thioether (sulfide) groups is 1. The van der Waals surface area contributed by atoms with Crippen molar-refractivity contribution >= 4 is 35.8 Å². The van der Waals surface area contributed by atoms with E-state index in [0.717, 1.165) is 18.5 Å². The molecule has 0 spiro atoms. The highest BCUT2D eigenvalue weighted by molar-refractivity contribution is 7.98. The summed E-state index contributed by atoms with van der Waals surface area (Å²) in [5.74, 6) is -0.0106. The molecular formula is C21H27N7O4S. The molecule has 1 saturated heterocycles. The highest BCUT2D eigenvalue weighted by Crippen LogP contribution is 2.32. The Morgan fingerprint density at radius 2 is 2.06 bits per heavy atom. The van der Waals surface area contributed by atoms with Gasteiger partial charge in [0.05, 0.1) is 12.3 Å². The van der Waals surface area contributed by atoms with Crippen molar-refractivity contribution in [2.75, 3.05) is 32.5 Å². The molecule has 1 aliphatic heterocycles. The Labute approximate surface area is 196 Å². The fraction of sp³-hybridized carbons (Fsp3) is 0.429. The molecule has 0 amide bonds. The van der Waals surface area contributed by atoms with Crippen LogP contribution in [0.25, 0.3) is 5.69 Å². The van der Waals surface area contributed by atoms with E-state index in [-0.39, 0.29) is 23.9 Å². The predicted octanol–water partition coefficient (Wildman–Crippen LogP) is 3.40. The standard InChI is InChI=1S/C21H27N7O4S/c1-4-6-12-25-13-14-26(21(25)24-28(30)31)15-22-18-17(20(29)32-5-2)19(33-3)23-27(18)16-10-8-7-9-11-16/h7-11,15H,4-6,12-14H2,1-3H3/b22-15+,24-21+. The van der Waals surface area contributed by atoms with Crippen LogP contribution in [0.3, 0.4) is 0 Å². The zero-order chi connectivity index (χ0) is 23.8. The number of carbonyl (C=O) groups excluding carboxylic acids is 1. The molecule has 0 radical (unpaired) electrons. The lowest BCUT2D eigenvalue weighted by atomic mass is 10.3. The molecule has 1 aromatic carbocycles. The molecule has 2 aromatic rings. The van der Waals surface area contributed by atoms with Crippen LogP contribution in [0.4, 0.5) is 5.82 Å². The van der Waals surface area contributed by atoms with Gasteiger partial charge >= 0.3 is 5.97 Å². The Kier molecular flexibility index (Phi) is 8.41. The molecule has 2 heterocycles. The first-order valence-corrected chi connectivity index (χ1v) is 11.9. The predicted molar refractivity (Wildman–Crippen MR) is 127 cm³/mol. The zero-order valence-electron chi connectivity index (χ0n) is 18.9. The van der Waals surface area contributed by atoms with Gasteiger partial charge in [-0.2, -0.15) is 5.10 Å². The third-order valence-corrected chi connectivity index (χ3v) is 5.60. The highest BCUT2D eigenvalue weighted by Gasteiger charge is 2.30. The number of rotatable bonds is 10. The van der Waals surface area contributed by atoms with Crippen LogP contribution < -0.4 is 0 Å². The number of aliphatic imine (C=N–C) groups is 1. The molecule has 0 unspecified atom stereocenters. The average molecular weight is 474 g/mol. The van der Waals surface area contributed by atoms with Gasteiger partial charge in [0, 0.05) is 19.6 Å². The van der Waals surface area contributed by atoms with E-state index < -0.39 is 11.0 Å². The Morgan fingerprint density at radius 1 is 1.30 bits per heavy atom. The summed E-state index contributed by atoms with van der Waals surface area (Å²) in [6.07, 6.45) is 5.15. The Morgan fingerprint density at radius 3 is 2.70 bits per heavy atom. The molecule has 0 atom stereocenters. The molecule has 1 aromatic heterocycles. The summed E-state index contributed by atoms with van der Waals surface area (Å²) in [6, 6.07) is 9.32. The number of para-hydroxylation sites is 1. The molecule has 11 nitrogen and oxygen atoms in total. The van der Waals surface area contributed by atoms with Gasteiger partial charge in [-0.05, 0) is 31.7 Å². The lowest BCUT2D eigenvalue weighted by molar-refractivity contribution is -0.486. The smallest absolute Gasteiger partial charge is 0.344 e. The molecule has 0 N–H and O–H groups in total. The average Bonchev–Trinajstić information content (AvgIpc) is 3.37. The van der Waals surface area contributed by atoms with Crippen LogP contribution >= 0.6 is 11.8 Å². The summed E-state index contributed by atoms with van der Waals surface area (Å²) in [5.41, 5.74) is 0.972. The van der Waals surface area contributed by atoms with Crippen LogP contribution in [-0.2, 0) is 4.74 Å². The molecule has 12 heteroatoms. The van der Waals surface area contributed by atoms with Gasteiger partial charge in [0.2, 0.25) is 0 Å². The number of hydrazone groups is 1. The molecule has 33 heavy (non-hydrogen) atoms. The Bertz CT molecular complexity index is 1040. The van der Waals surface area contributed by atoms with Crippen molar-refractivity contribution in [2.45, 2.75) is 31.7 Å². The first kappa shape index (κ1) is 24.2. The molecule has 0 bridgehead atoms. The van der Waals surface area contributed by atoms with Gasteiger partial charge in [0.1, 0.15) is 22.0 Å². The van der Waals surface area contributed by atoms with E-state index in [1.54, 1.807) is 16.5 Å². The maximum atomic E-state index is 12.8. The maximum Gasteiger partial charge on any atom is 0.344 e. The molecule has 0 aliphatic carbocycles. The molecule has 0 saturated carbocycles. The number of aromatic nitrogens is 2. The van der Waals surface area contributed by atoms with Gasteiger partial charge < -0.3 is 9.64 Å². The number of esters is 1. The van der Waals surface area contributed by atoms with Crippen molar-refractivity contribution in [3.63, 3.8) is 0 Å². The van der Waals surface area contributed by atoms with Gasteiger partial charge in [-0.1, -0.05) is 31.5 Å². The van der Waals surface area contributed by atoms with Crippen LogP contribution in [-0.4, -0.2) is 75.4 Å². The highest BCUT2D eigenvalue weighted by atomic mass is 32.2. The van der Waals surface area contributed by atoms with Crippen molar-refractivity contribution < 1.29 is 14.6 Å². The van der Waals surface area contributed by atoms with E-state index in [1.165, 1.54) is 18.1 Å². The van der Waals surface area contributed by atoms with E-state index in [2.05, 4.69) is 22.1 Å². The number of guanidine groups is 1. The van der Waals surface area contributed by atoms with E-state index in [4.69, 9.17) is 4.74 Å². The summed E-state index contributed by atoms with van der Waals surface area (Å²) in [4.78, 5) is 32.0. The van der Waals surface area contributed by atoms with E-state index >= 15 is 0 Å². The van der Waals surface area contributed by atoms with Crippen LogP contribution in [0.1, 0.15) is 37.0 Å². The van der Waals surface area contributed by atoms with Gasteiger partial charge in [-0.15, -0.1) is 11.8 Å². The van der Waals surface area contributed by atoms with Crippen molar-refractivity contribution in [3.05, 3.63) is 46.0 Å². The summed E-state index contributed by atoms with van der Waals surface area (Å²) in [5, 5.41) is 19.1. The second kappa shape index (κ2) is 11.5. The minimum absolute atomic E-state index is 0.213. The molecular weight excluding hydrogens is 446 g/mol. The zero-order valence-corrected chi connectivity index (χ0v) is 19.7. The van der Waals surface area contributed by atoms with Crippen LogP contribution in [0, 0.1) is 10.1 Å². The number of carbonyl (C=O) groups is 1. The quantitative estimate of drug-likeness (QED) is 0.129. The summed E-state index contributed by atoms with van der Waals surface area (Å²) in [6.45, 7) is 5.76. The van der Waals surface area contributed by atoms with Crippen molar-refractivity contribution in [1.29, 1.82) is 0 Å². The van der Waals surface area contributed by atoms with Gasteiger partial charge in [0.15, 0.2) is 10.9 Å². The number of benzene rings is 1. The lowest BCUT2D eigenvalue weighted by Crippen LogP contribution is -2.34. The van der Waals surface area contributed by atoms with Gasteiger partial charge in [0.25, 0.3) is 5.96 Å². The molecule has 1 fully saturated rings. The maximum absolute atomic E-state index is 12.8. The van der Waals surface area contributed by atoms with Crippen LogP contribution in [0.15, 0.2) is 45.5 Å². The molecule has 176 valence electrons. The van der Waals surface area contributed by atoms with E-state index in [0.29, 0.717) is 24.7 Å². The van der Waals surface area contributed by atoms with E-state index in [9.17, 15) is 14.9 Å². The minimum atomic E-state index is -0.704. The number of nitrogens with zero attached hydrogens (tertiary/aromatic N) is 7. The fourth-order valence-corrected chi connectivity index (χ4v) is 3.92. The summed E-state index contributed by atoms with van der Waals surface area (Å²) >= 11 is 1.31. The third kappa shape index (κ3) is 5.69. The first-order chi connectivity index (χ1) is 16.0. The van der Waals surface area contributed by atoms with E-state index in [1.807, 2.05) is 41.5 Å². The minimum Gasteiger partial charge on any atom is -0.462 e. The summed E-state index contributed by atoms with van der Waals surface area (Å²) < 4.78 is 6.83. The molecule has 3 rings (SSSR count). The Hall–Kier alpha value is -3.41. The number of ether oxygens (including phenoxy) is 1. The monoisotopic (exact) mass is 473 g/mol. The number of unbranched alkanes of at least 4 members (excludes halogenated alkanes) is 1. The van der Waals surface area contributed by atoms with Crippen LogP contribution in [0.5, 0.6) is 0 Å². The van der Waals surface area contributed by atoms with Crippen molar-refractivity contribution in [3.8, 4) is 5.69 Å². The first-order valence-electron chi connectivity index (χ1n) is 10.7. The van der Waals surface area contributed by atoms with Crippen molar-refractivity contribution in [2.24, 2.45) is 10.1 Å².